The third kappa shape index (κ3) is 3.27. The van der Waals surface area contributed by atoms with Crippen LogP contribution in [0.4, 0.5) is 0 Å². The molecule has 0 saturated carbocycles. The van der Waals surface area contributed by atoms with Crippen LogP contribution in [0.5, 0.6) is 5.75 Å². The third-order valence-corrected chi connectivity index (χ3v) is 4.89. The second-order valence-electron chi connectivity index (χ2n) is 6.15. The van der Waals surface area contributed by atoms with Gasteiger partial charge in [0.2, 0.25) is 0 Å². The number of benzene rings is 1. The van der Waals surface area contributed by atoms with Gasteiger partial charge >= 0.3 is 0 Å². The highest BCUT2D eigenvalue weighted by Gasteiger charge is 2.33. The average Bonchev–Trinajstić information content (AvgIpc) is 3.08. The Labute approximate surface area is 135 Å². The first-order valence-corrected chi connectivity index (χ1v) is 8.78. The molecule has 0 spiro atoms. The van der Waals surface area contributed by atoms with E-state index in [1.54, 1.807) is 0 Å². The van der Waals surface area contributed by atoms with Crippen LogP contribution in [0, 0.1) is 5.92 Å². The van der Waals surface area contributed by atoms with Gasteiger partial charge in [-0.05, 0) is 44.0 Å². The van der Waals surface area contributed by atoms with Crippen molar-refractivity contribution < 1.29 is 9.47 Å². The number of fused-ring (bicyclic) bond motifs is 1. The van der Waals surface area contributed by atoms with E-state index in [2.05, 4.69) is 47.2 Å². The Morgan fingerprint density at radius 1 is 1.43 bits per heavy atom. The summed E-state index contributed by atoms with van der Waals surface area (Å²) >= 11 is 3.66. The number of halogens is 1. The predicted molar refractivity (Wildman–Crippen MR) is 87.9 cm³/mol. The van der Waals surface area contributed by atoms with E-state index < -0.39 is 0 Å². The van der Waals surface area contributed by atoms with Crippen molar-refractivity contribution in [3.05, 3.63) is 27.7 Å². The van der Waals surface area contributed by atoms with Crippen LogP contribution in [-0.4, -0.2) is 25.9 Å². The summed E-state index contributed by atoms with van der Waals surface area (Å²) in [7, 11) is 0. The van der Waals surface area contributed by atoms with Gasteiger partial charge in [-0.1, -0.05) is 22.9 Å². The Balaban J connectivity index is 1.92. The lowest BCUT2D eigenvalue weighted by molar-refractivity contribution is 0.116. The van der Waals surface area contributed by atoms with Crippen LogP contribution < -0.4 is 10.1 Å². The Bertz CT molecular complexity index is 506. The minimum absolute atomic E-state index is 0.319. The minimum atomic E-state index is 0.319. The number of hydrogen-bond donors (Lipinski definition) is 1. The van der Waals surface area contributed by atoms with Crippen LogP contribution in [0.3, 0.4) is 0 Å². The fourth-order valence-electron chi connectivity index (χ4n) is 3.44. The molecule has 3 atom stereocenters. The van der Waals surface area contributed by atoms with Gasteiger partial charge in [0.1, 0.15) is 5.75 Å². The molecule has 21 heavy (non-hydrogen) atoms. The molecular weight excluding hydrogens is 330 g/mol. The summed E-state index contributed by atoms with van der Waals surface area (Å²) < 4.78 is 12.9. The maximum absolute atomic E-state index is 5.93. The predicted octanol–water partition coefficient (Wildman–Crippen LogP) is 3.85. The van der Waals surface area contributed by atoms with E-state index >= 15 is 0 Å². The normalized spacial score (nSPS) is 25.7. The molecule has 1 saturated heterocycles. The molecule has 0 radical (unpaired) electrons. The van der Waals surface area contributed by atoms with E-state index in [1.807, 2.05) is 0 Å². The van der Waals surface area contributed by atoms with E-state index in [0.29, 0.717) is 18.1 Å². The van der Waals surface area contributed by atoms with E-state index in [4.69, 9.17) is 9.47 Å². The summed E-state index contributed by atoms with van der Waals surface area (Å²) in [6.07, 6.45) is 3.63. The molecule has 2 aliphatic heterocycles. The van der Waals surface area contributed by atoms with Crippen LogP contribution in [0.25, 0.3) is 0 Å². The zero-order valence-electron chi connectivity index (χ0n) is 12.8. The van der Waals surface area contributed by atoms with Crippen molar-refractivity contribution in [2.75, 3.05) is 19.8 Å². The van der Waals surface area contributed by atoms with Crippen molar-refractivity contribution in [1.82, 2.24) is 5.32 Å². The molecule has 3 nitrogen and oxygen atoms in total. The molecule has 0 aromatic heterocycles. The van der Waals surface area contributed by atoms with Gasteiger partial charge in [-0.25, -0.2) is 0 Å². The summed E-state index contributed by atoms with van der Waals surface area (Å²) in [6.45, 7) is 7.04. The highest BCUT2D eigenvalue weighted by atomic mass is 79.9. The lowest BCUT2D eigenvalue weighted by Gasteiger charge is -2.26. The molecule has 4 heteroatoms. The fourth-order valence-corrected chi connectivity index (χ4v) is 3.96. The Morgan fingerprint density at radius 2 is 2.29 bits per heavy atom. The van der Waals surface area contributed by atoms with Crippen molar-refractivity contribution in [3.8, 4) is 5.75 Å². The Morgan fingerprint density at radius 3 is 3.00 bits per heavy atom. The molecule has 116 valence electrons. The second-order valence-corrected chi connectivity index (χ2v) is 7.07. The van der Waals surface area contributed by atoms with Crippen molar-refractivity contribution in [3.63, 3.8) is 0 Å². The van der Waals surface area contributed by atoms with E-state index in [1.165, 1.54) is 11.1 Å². The van der Waals surface area contributed by atoms with E-state index in [-0.39, 0.29) is 0 Å². The Kier molecular flexibility index (Phi) is 4.87. The van der Waals surface area contributed by atoms with Crippen LogP contribution >= 0.6 is 15.9 Å². The zero-order chi connectivity index (χ0) is 14.8. The minimum Gasteiger partial charge on any atom is -0.493 e. The number of ether oxygens (including phenoxy) is 2. The standard InChI is InChI=1S/C17H24BrNO2/c1-3-5-19-16(13-7-11(2)21-10-13)15-9-14(18)8-12-4-6-20-17(12)15/h8-9,11,13,16,19H,3-7,10H2,1-2H3. The van der Waals surface area contributed by atoms with Gasteiger partial charge in [-0.15, -0.1) is 0 Å². The molecule has 3 rings (SSSR count). The molecule has 0 amide bonds. The van der Waals surface area contributed by atoms with Crippen LogP contribution in [0.15, 0.2) is 16.6 Å². The molecule has 0 aliphatic carbocycles. The number of nitrogens with one attached hydrogen (secondary N) is 1. The quantitative estimate of drug-likeness (QED) is 0.871. The van der Waals surface area contributed by atoms with Gasteiger partial charge < -0.3 is 14.8 Å². The smallest absolute Gasteiger partial charge is 0.127 e. The van der Waals surface area contributed by atoms with Gasteiger partial charge in [0, 0.05) is 28.4 Å². The van der Waals surface area contributed by atoms with Crippen LogP contribution in [-0.2, 0) is 11.2 Å². The van der Waals surface area contributed by atoms with Gasteiger partial charge in [-0.2, -0.15) is 0 Å². The van der Waals surface area contributed by atoms with Crippen LogP contribution in [0.1, 0.15) is 43.9 Å². The first-order valence-electron chi connectivity index (χ1n) is 7.99. The van der Waals surface area contributed by atoms with Crippen molar-refractivity contribution in [1.29, 1.82) is 0 Å². The average molecular weight is 354 g/mol. The lowest BCUT2D eigenvalue weighted by atomic mass is 9.89. The molecule has 1 fully saturated rings. The van der Waals surface area contributed by atoms with Gasteiger partial charge in [-0.3, -0.25) is 0 Å². The first kappa shape index (κ1) is 15.3. The van der Waals surface area contributed by atoms with Crippen LogP contribution in [0.2, 0.25) is 0 Å². The molecule has 2 heterocycles. The third-order valence-electron chi connectivity index (χ3n) is 4.43. The van der Waals surface area contributed by atoms with Crippen molar-refractivity contribution >= 4 is 15.9 Å². The summed E-state index contributed by atoms with van der Waals surface area (Å²) in [5, 5.41) is 3.72. The van der Waals surface area contributed by atoms with E-state index in [9.17, 15) is 0 Å². The summed E-state index contributed by atoms with van der Waals surface area (Å²) in [6, 6.07) is 4.73. The zero-order valence-corrected chi connectivity index (χ0v) is 14.4. The molecule has 1 N–H and O–H groups in total. The number of hydrogen-bond acceptors (Lipinski definition) is 3. The fraction of sp³-hybridized carbons (Fsp3) is 0.647. The topological polar surface area (TPSA) is 30.5 Å². The van der Waals surface area contributed by atoms with Gasteiger partial charge in [0.25, 0.3) is 0 Å². The monoisotopic (exact) mass is 353 g/mol. The van der Waals surface area contributed by atoms with Gasteiger partial charge in [0.15, 0.2) is 0 Å². The van der Waals surface area contributed by atoms with Gasteiger partial charge in [0.05, 0.1) is 19.3 Å². The molecule has 3 unspecified atom stereocenters. The molecule has 1 aromatic carbocycles. The molecule has 2 aliphatic rings. The highest BCUT2D eigenvalue weighted by Crippen LogP contribution is 2.41. The maximum atomic E-state index is 5.93. The highest BCUT2D eigenvalue weighted by molar-refractivity contribution is 9.10. The lowest BCUT2D eigenvalue weighted by Crippen LogP contribution is -2.30. The summed E-state index contributed by atoms with van der Waals surface area (Å²) in [4.78, 5) is 0. The van der Waals surface area contributed by atoms with Crippen molar-refractivity contribution in [2.24, 2.45) is 5.92 Å². The molecular formula is C17H24BrNO2. The largest absolute Gasteiger partial charge is 0.493 e. The maximum Gasteiger partial charge on any atom is 0.127 e. The number of rotatable bonds is 5. The Hall–Kier alpha value is -0.580. The summed E-state index contributed by atoms with van der Waals surface area (Å²) in [5.74, 6) is 1.63. The summed E-state index contributed by atoms with van der Waals surface area (Å²) in [5.41, 5.74) is 2.63. The molecule has 1 aromatic rings. The van der Waals surface area contributed by atoms with E-state index in [0.717, 1.165) is 49.2 Å². The molecule has 0 bridgehead atoms. The second kappa shape index (κ2) is 6.67. The van der Waals surface area contributed by atoms with Crippen molar-refractivity contribution in [2.45, 2.75) is 45.3 Å². The first-order chi connectivity index (χ1) is 10.2. The SMILES string of the molecule is CCCNC(c1cc(Br)cc2c1OCC2)C1COC(C)C1.